The van der Waals surface area contributed by atoms with E-state index >= 15 is 0 Å². The van der Waals surface area contributed by atoms with Crippen LogP contribution in [0.1, 0.15) is 66.8 Å². The van der Waals surface area contributed by atoms with Crippen LogP contribution < -0.4 is 10.1 Å². The number of aliphatic hydroxyl groups is 1. The summed E-state index contributed by atoms with van der Waals surface area (Å²) in [5, 5.41) is 16.9. The Labute approximate surface area is 202 Å². The Kier molecular flexibility index (Phi) is 5.02. The first-order valence-corrected chi connectivity index (χ1v) is 12.5. The molecule has 2 N–H and O–H groups in total. The summed E-state index contributed by atoms with van der Waals surface area (Å²) in [5.41, 5.74) is 1.21. The maximum absolute atomic E-state index is 12.9. The number of ether oxygens (including phenoxy) is 2. The normalized spacial score (nSPS) is 35.8. The minimum Gasteiger partial charge on any atom is -0.480 e. The number of amides is 1. The molecule has 34 heavy (non-hydrogen) atoms. The number of hydrogen-bond donors (Lipinski definition) is 2. The van der Waals surface area contributed by atoms with Gasteiger partial charge in [0.15, 0.2) is 6.10 Å². The molecule has 1 aromatic carbocycles. The zero-order chi connectivity index (χ0) is 23.9. The highest BCUT2D eigenvalue weighted by Gasteiger charge is 2.70. The minimum atomic E-state index is -4.59. The Hall–Kier alpha value is -1.88. The number of hydrogen-bond acceptors (Lipinski definition) is 6. The molecule has 11 heteroatoms. The lowest BCUT2D eigenvalue weighted by molar-refractivity contribution is -0.351. The quantitative estimate of drug-likeness (QED) is 0.601. The Morgan fingerprint density at radius 2 is 2.00 bits per heavy atom. The fourth-order valence-corrected chi connectivity index (χ4v) is 7.14. The number of carbonyl (C=O) groups is 1. The summed E-state index contributed by atoms with van der Waals surface area (Å²) in [6, 6.07) is 4.97. The summed E-state index contributed by atoms with van der Waals surface area (Å²) in [6.07, 6.45) is -3.80. The lowest BCUT2D eigenvalue weighted by atomic mass is 9.38. The van der Waals surface area contributed by atoms with Crippen molar-refractivity contribution in [1.29, 1.82) is 0 Å². The van der Waals surface area contributed by atoms with Gasteiger partial charge >= 0.3 is 6.36 Å². The van der Waals surface area contributed by atoms with Crippen LogP contribution in [-0.2, 0) is 14.9 Å². The molecule has 1 amide bonds. The molecule has 5 aliphatic rings. The number of aliphatic hydroxyl groups excluding tert-OH is 1. The number of benzene rings is 1. The van der Waals surface area contributed by atoms with Crippen LogP contribution in [0.15, 0.2) is 23.6 Å². The Morgan fingerprint density at radius 3 is 2.71 bits per heavy atom. The minimum absolute atomic E-state index is 0.0137. The van der Waals surface area contributed by atoms with Crippen molar-refractivity contribution in [1.82, 2.24) is 10.3 Å². The number of halogens is 4. The molecule has 0 unspecified atom stereocenters. The van der Waals surface area contributed by atoms with Gasteiger partial charge in [-0.15, -0.1) is 24.5 Å². The highest BCUT2D eigenvalue weighted by molar-refractivity contribution is 7.09. The van der Waals surface area contributed by atoms with E-state index in [1.54, 1.807) is 18.2 Å². The third kappa shape index (κ3) is 3.79. The van der Waals surface area contributed by atoms with Gasteiger partial charge in [-0.1, -0.05) is 11.6 Å². The van der Waals surface area contributed by atoms with E-state index in [9.17, 15) is 23.1 Å². The van der Waals surface area contributed by atoms with E-state index in [4.69, 9.17) is 21.3 Å². The molecule has 4 fully saturated rings. The zero-order valence-corrected chi connectivity index (χ0v) is 19.5. The monoisotopic (exact) mass is 514 g/mol. The second-order valence-electron chi connectivity index (χ2n) is 10.0. The van der Waals surface area contributed by atoms with Gasteiger partial charge < -0.3 is 15.2 Å². The Bertz CT molecular complexity index is 1130. The van der Waals surface area contributed by atoms with Gasteiger partial charge in [0, 0.05) is 39.3 Å². The Balaban J connectivity index is 1.03. The molecule has 0 radical (unpaired) electrons. The summed E-state index contributed by atoms with van der Waals surface area (Å²) in [5.74, 6) is 0.239. The van der Waals surface area contributed by atoms with Crippen LogP contribution in [0.5, 0.6) is 5.75 Å². The average molecular weight is 515 g/mol. The lowest BCUT2D eigenvalue weighted by Crippen LogP contribution is -2.77. The molecule has 2 heterocycles. The van der Waals surface area contributed by atoms with E-state index in [0.29, 0.717) is 29.2 Å². The summed E-state index contributed by atoms with van der Waals surface area (Å²) in [4.78, 5) is 17.6. The fourth-order valence-electron chi connectivity index (χ4n) is 5.88. The zero-order valence-electron chi connectivity index (χ0n) is 17.9. The van der Waals surface area contributed by atoms with Crippen LogP contribution >= 0.6 is 22.9 Å². The van der Waals surface area contributed by atoms with Crippen LogP contribution in [0.2, 0.25) is 5.02 Å². The fraction of sp³-hybridized carbons (Fsp3) is 0.565. The largest absolute Gasteiger partial charge is 0.522 e. The molecule has 2 bridgehead atoms. The van der Waals surface area contributed by atoms with E-state index in [1.807, 2.05) is 5.38 Å². The van der Waals surface area contributed by atoms with E-state index in [1.165, 1.54) is 11.3 Å². The van der Waals surface area contributed by atoms with Crippen molar-refractivity contribution >= 4 is 28.8 Å². The van der Waals surface area contributed by atoms with Crippen molar-refractivity contribution in [3.63, 3.8) is 0 Å². The van der Waals surface area contributed by atoms with Crippen LogP contribution in [0.25, 0.3) is 0 Å². The van der Waals surface area contributed by atoms with Crippen molar-refractivity contribution in [3.8, 4) is 5.75 Å². The van der Waals surface area contributed by atoms with Crippen LogP contribution in [0.4, 0.5) is 13.2 Å². The van der Waals surface area contributed by atoms with Gasteiger partial charge in [0.25, 0.3) is 5.91 Å². The molecule has 0 spiro atoms. The second kappa shape index (κ2) is 7.56. The number of aromatic nitrogens is 1. The van der Waals surface area contributed by atoms with Crippen molar-refractivity contribution in [3.05, 3.63) is 44.9 Å². The molecule has 2 aromatic rings. The lowest BCUT2D eigenvalue weighted by Gasteiger charge is -2.70. The molecule has 182 valence electrons. The van der Waals surface area contributed by atoms with Crippen molar-refractivity contribution in [2.75, 3.05) is 0 Å². The first-order valence-electron chi connectivity index (χ1n) is 11.2. The first kappa shape index (κ1) is 22.6. The maximum atomic E-state index is 12.9. The summed E-state index contributed by atoms with van der Waals surface area (Å²) < 4.78 is 46.9. The predicted octanol–water partition coefficient (Wildman–Crippen LogP) is 4.75. The molecule has 1 aliphatic heterocycles. The van der Waals surface area contributed by atoms with E-state index in [-0.39, 0.29) is 29.2 Å². The molecule has 1 aromatic heterocycles. The van der Waals surface area contributed by atoms with Gasteiger partial charge in [-0.05, 0) is 50.3 Å². The standard InChI is InChI=1S/C23H22ClF3N2O4S/c24-12-1-2-16-14(5-12)15(30)6-17(32-16)19(31)29-22-8-21(9-22,10-22)18-7-34-20(28-18)11-3-13(4-11)33-23(25,26)27/h1-2,5,7,11,13,15,17,30H,3-4,6,8-10H2,(H,29,31)/t11?,13?,15-,17-,21?,22?/m1/s1. The van der Waals surface area contributed by atoms with Gasteiger partial charge in [-0.2, -0.15) is 0 Å². The van der Waals surface area contributed by atoms with E-state index in [2.05, 4.69) is 10.1 Å². The molecule has 7 rings (SSSR count). The number of nitrogens with zero attached hydrogens (tertiary/aromatic N) is 1. The smallest absolute Gasteiger partial charge is 0.480 e. The van der Waals surface area contributed by atoms with Crippen molar-refractivity contribution < 1.29 is 32.5 Å². The first-order chi connectivity index (χ1) is 16.0. The maximum Gasteiger partial charge on any atom is 0.522 e. The summed E-state index contributed by atoms with van der Waals surface area (Å²) in [6.45, 7) is 0. The van der Waals surface area contributed by atoms with Crippen LogP contribution in [-0.4, -0.2) is 40.1 Å². The third-order valence-electron chi connectivity index (χ3n) is 7.56. The number of carbonyl (C=O) groups excluding carboxylic acids is 1. The van der Waals surface area contributed by atoms with Crippen LogP contribution in [0, 0.1) is 0 Å². The van der Waals surface area contributed by atoms with Gasteiger partial charge in [0.05, 0.1) is 22.9 Å². The number of fused-ring (bicyclic) bond motifs is 1. The topological polar surface area (TPSA) is 80.7 Å². The summed E-state index contributed by atoms with van der Waals surface area (Å²) in [7, 11) is 0. The van der Waals surface area contributed by atoms with Gasteiger partial charge in [0.2, 0.25) is 0 Å². The number of nitrogens with one attached hydrogen (secondary N) is 1. The predicted molar refractivity (Wildman–Crippen MR) is 117 cm³/mol. The SMILES string of the molecule is O=C(NC12CC(c3csc(C4CC(OC(F)(F)F)C4)n3)(C1)C2)[C@H]1C[C@@H](O)c2cc(Cl)ccc2O1. The summed E-state index contributed by atoms with van der Waals surface area (Å²) >= 11 is 7.48. The Morgan fingerprint density at radius 1 is 1.26 bits per heavy atom. The molecule has 4 saturated carbocycles. The number of alkyl halides is 3. The average Bonchev–Trinajstić information content (AvgIpc) is 3.14. The highest BCUT2D eigenvalue weighted by atomic mass is 35.5. The number of thiazole rings is 1. The van der Waals surface area contributed by atoms with Gasteiger partial charge in [-0.25, -0.2) is 4.98 Å². The molecular weight excluding hydrogens is 493 g/mol. The molecule has 0 saturated heterocycles. The molecular formula is C23H22ClF3N2O4S. The molecule has 6 nitrogen and oxygen atoms in total. The van der Waals surface area contributed by atoms with Crippen molar-refractivity contribution in [2.24, 2.45) is 0 Å². The van der Waals surface area contributed by atoms with Crippen LogP contribution in [0.3, 0.4) is 0 Å². The van der Waals surface area contributed by atoms with Crippen molar-refractivity contribution in [2.45, 2.75) is 80.1 Å². The second-order valence-corrected chi connectivity index (χ2v) is 11.4. The van der Waals surface area contributed by atoms with E-state index < -0.39 is 24.7 Å². The molecule has 2 atom stereocenters. The number of rotatable bonds is 5. The van der Waals surface area contributed by atoms with E-state index in [0.717, 1.165) is 30.0 Å². The molecule has 4 aliphatic carbocycles. The van der Waals surface area contributed by atoms with Gasteiger partial charge in [0.1, 0.15) is 5.75 Å². The third-order valence-corrected chi connectivity index (χ3v) is 8.80. The highest BCUT2D eigenvalue weighted by Crippen LogP contribution is 2.68. The van der Waals surface area contributed by atoms with Gasteiger partial charge in [-0.3, -0.25) is 9.53 Å².